The molecule has 13 nitrogen and oxygen atoms in total. The van der Waals surface area contributed by atoms with Crippen molar-refractivity contribution < 1.29 is 48.3 Å². The second-order valence-electron chi connectivity index (χ2n) is 13.7. The van der Waals surface area contributed by atoms with Crippen LogP contribution in [-0.2, 0) is 49.6 Å². The van der Waals surface area contributed by atoms with E-state index in [1.807, 2.05) is 38.1 Å². The molecule has 2 aromatic rings. The maximum Gasteiger partial charge on any atom is 0.326 e. The topological polar surface area (TPSA) is 175 Å². The standard InChI is InChI=1S/C34H45N3O10/c1-19-10-11-24-20(2)31(44-32-34(24)23(19)14-15-33(3,45-32)46-47-34)43-29(40)13-12-27(38)35-16-6-9-28(39)37-26(30(41)42)17-21-18-36-25-8-5-4-7-22(21)25/h4-5,7-8,18-20,23-24,26,31-32,36H,6,9-17H2,1-3H3,(H,35,38)(H,37,39)(H,41,42)/t19-,20+,23+,24+,26-,31-,32+,33-,34-/m1/s1. The molecule has 13 heteroatoms. The Balaban J connectivity index is 0.922. The molecule has 2 bridgehead atoms. The van der Waals surface area contributed by atoms with Gasteiger partial charge in [0.1, 0.15) is 6.04 Å². The van der Waals surface area contributed by atoms with E-state index in [1.165, 1.54) is 0 Å². The number of nitrogens with one attached hydrogen (secondary N) is 3. The first-order valence-electron chi connectivity index (χ1n) is 16.7. The van der Waals surface area contributed by atoms with Crippen LogP contribution in [0.25, 0.3) is 10.9 Å². The third-order valence-electron chi connectivity index (χ3n) is 10.5. The molecule has 5 aliphatic rings. The molecule has 1 spiro atoms. The van der Waals surface area contributed by atoms with Crippen molar-refractivity contribution in [1.82, 2.24) is 15.6 Å². The van der Waals surface area contributed by atoms with Gasteiger partial charge in [-0.3, -0.25) is 14.4 Å². The van der Waals surface area contributed by atoms with E-state index in [-0.39, 0.29) is 55.9 Å². The Labute approximate surface area is 273 Å². The van der Waals surface area contributed by atoms with Crippen molar-refractivity contribution in [3.63, 3.8) is 0 Å². The monoisotopic (exact) mass is 655 g/mol. The molecule has 2 amide bonds. The fraction of sp³-hybridized carbons (Fsp3) is 0.647. The molecule has 5 fully saturated rings. The molecule has 47 heavy (non-hydrogen) atoms. The lowest BCUT2D eigenvalue weighted by atomic mass is 9.58. The molecular formula is C34H45N3O10. The van der Waals surface area contributed by atoms with Crippen LogP contribution in [0.3, 0.4) is 0 Å². The van der Waals surface area contributed by atoms with Gasteiger partial charge in [-0.05, 0) is 56.1 Å². The van der Waals surface area contributed by atoms with Crippen LogP contribution < -0.4 is 10.6 Å². The van der Waals surface area contributed by atoms with Gasteiger partial charge in [0.2, 0.25) is 23.9 Å². The van der Waals surface area contributed by atoms with E-state index in [0.29, 0.717) is 18.8 Å². The summed E-state index contributed by atoms with van der Waals surface area (Å²) >= 11 is 0. The number of amides is 2. The fourth-order valence-electron chi connectivity index (χ4n) is 7.96. The lowest BCUT2D eigenvalue weighted by molar-refractivity contribution is -0.576. The highest BCUT2D eigenvalue weighted by Gasteiger charge is 2.69. The number of para-hydroxylation sites is 1. The van der Waals surface area contributed by atoms with Crippen molar-refractivity contribution in [3.05, 3.63) is 36.0 Å². The van der Waals surface area contributed by atoms with Crippen molar-refractivity contribution >= 4 is 34.7 Å². The predicted octanol–water partition coefficient (Wildman–Crippen LogP) is 3.71. The summed E-state index contributed by atoms with van der Waals surface area (Å²) in [5, 5.41) is 15.9. The van der Waals surface area contributed by atoms with Gasteiger partial charge in [-0.15, -0.1) is 0 Å². The van der Waals surface area contributed by atoms with Crippen molar-refractivity contribution in [2.45, 2.75) is 109 Å². The number of ether oxygens (including phenoxy) is 3. The molecule has 1 aromatic carbocycles. The lowest BCUT2D eigenvalue weighted by Gasteiger charge is -2.59. The normalized spacial score (nSPS) is 33.3. The summed E-state index contributed by atoms with van der Waals surface area (Å²) in [7, 11) is 0. The average molecular weight is 656 g/mol. The molecule has 4 aliphatic heterocycles. The largest absolute Gasteiger partial charge is 0.480 e. The Hall–Kier alpha value is -3.52. The average Bonchev–Trinajstić information content (AvgIpc) is 3.31. The zero-order valence-electron chi connectivity index (χ0n) is 27.1. The quantitative estimate of drug-likeness (QED) is 0.150. The number of benzene rings is 1. The second-order valence-corrected chi connectivity index (χ2v) is 13.7. The van der Waals surface area contributed by atoms with E-state index in [2.05, 4.69) is 22.5 Å². The molecule has 256 valence electrons. The third-order valence-corrected chi connectivity index (χ3v) is 10.5. The van der Waals surface area contributed by atoms with Crippen LogP contribution >= 0.6 is 0 Å². The first kappa shape index (κ1) is 33.4. The first-order valence-corrected chi connectivity index (χ1v) is 16.7. The number of aromatic amines is 1. The third kappa shape index (κ3) is 6.76. The van der Waals surface area contributed by atoms with Gasteiger partial charge in [0.15, 0.2) is 11.9 Å². The van der Waals surface area contributed by atoms with Crippen molar-refractivity contribution in [2.24, 2.45) is 23.7 Å². The second kappa shape index (κ2) is 13.5. The zero-order valence-corrected chi connectivity index (χ0v) is 27.1. The van der Waals surface area contributed by atoms with E-state index in [1.54, 1.807) is 6.20 Å². The van der Waals surface area contributed by atoms with Gasteiger partial charge in [-0.2, -0.15) is 0 Å². The summed E-state index contributed by atoms with van der Waals surface area (Å²) in [5.74, 6) is -2.91. The highest BCUT2D eigenvalue weighted by Crippen LogP contribution is 2.60. The highest BCUT2D eigenvalue weighted by molar-refractivity contribution is 5.87. The molecule has 1 saturated carbocycles. The molecule has 0 unspecified atom stereocenters. The van der Waals surface area contributed by atoms with Crippen LogP contribution in [0.4, 0.5) is 0 Å². The Morgan fingerprint density at radius 2 is 1.85 bits per heavy atom. The number of carboxylic acids is 1. The molecule has 4 saturated heterocycles. The Morgan fingerprint density at radius 1 is 1.04 bits per heavy atom. The lowest BCUT2D eigenvalue weighted by Crippen LogP contribution is -2.70. The van der Waals surface area contributed by atoms with Gasteiger partial charge in [0.25, 0.3) is 0 Å². The van der Waals surface area contributed by atoms with Crippen LogP contribution in [0.5, 0.6) is 0 Å². The first-order chi connectivity index (χ1) is 22.5. The van der Waals surface area contributed by atoms with E-state index in [4.69, 9.17) is 24.0 Å². The minimum atomic E-state index is -1.13. The molecule has 4 N–H and O–H groups in total. The fourth-order valence-corrected chi connectivity index (χ4v) is 7.96. The number of H-pyrrole nitrogens is 1. The summed E-state index contributed by atoms with van der Waals surface area (Å²) in [4.78, 5) is 64.6. The number of carbonyl (C=O) groups is 4. The number of aromatic nitrogens is 1. The van der Waals surface area contributed by atoms with Gasteiger partial charge < -0.3 is 34.9 Å². The predicted molar refractivity (Wildman–Crippen MR) is 166 cm³/mol. The number of fused-ring (bicyclic) bond motifs is 3. The maximum absolute atomic E-state index is 12.8. The molecule has 5 heterocycles. The number of carboxylic acid groups (broad SMARTS) is 1. The smallest absolute Gasteiger partial charge is 0.326 e. The molecule has 1 aromatic heterocycles. The SMILES string of the molecule is C[C@@H]1[C@H](OC(=O)CCC(=O)NCCCC(=O)N[C@H](Cc2c[nH]c3ccccc23)C(=O)O)O[C@H]2O[C@@]3(C)CC[C@H]4[C@H](C)CC[C@@H]1[C@@]24OO3. The summed E-state index contributed by atoms with van der Waals surface area (Å²) in [6.45, 7) is 6.26. The van der Waals surface area contributed by atoms with E-state index >= 15 is 0 Å². The molecule has 7 rings (SSSR count). The van der Waals surface area contributed by atoms with Crippen LogP contribution in [0, 0.1) is 23.7 Å². The van der Waals surface area contributed by atoms with E-state index < -0.39 is 47.9 Å². The van der Waals surface area contributed by atoms with Crippen LogP contribution in [0.2, 0.25) is 0 Å². The summed E-state index contributed by atoms with van der Waals surface area (Å²) in [6, 6.07) is 6.47. The van der Waals surface area contributed by atoms with E-state index in [0.717, 1.165) is 35.7 Å². The van der Waals surface area contributed by atoms with Gasteiger partial charge in [0.05, 0.1) is 6.42 Å². The Morgan fingerprint density at radius 3 is 2.66 bits per heavy atom. The highest BCUT2D eigenvalue weighted by atomic mass is 17.3. The van der Waals surface area contributed by atoms with Gasteiger partial charge in [-0.25, -0.2) is 14.6 Å². The minimum Gasteiger partial charge on any atom is -0.480 e. The Bertz CT molecular complexity index is 1500. The summed E-state index contributed by atoms with van der Waals surface area (Å²) in [5.41, 5.74) is 0.940. The molecule has 9 atom stereocenters. The number of hydrogen-bond donors (Lipinski definition) is 4. The summed E-state index contributed by atoms with van der Waals surface area (Å²) < 4.78 is 18.3. The van der Waals surface area contributed by atoms with Crippen molar-refractivity contribution in [2.75, 3.05) is 6.54 Å². The van der Waals surface area contributed by atoms with Crippen molar-refractivity contribution in [3.8, 4) is 0 Å². The molecule has 1 aliphatic carbocycles. The number of carbonyl (C=O) groups excluding carboxylic acids is 3. The van der Waals surface area contributed by atoms with Gasteiger partial charge in [0, 0.05) is 61.2 Å². The minimum absolute atomic E-state index is 0.0164. The molecular weight excluding hydrogens is 610 g/mol. The number of hydrogen-bond acceptors (Lipinski definition) is 9. The maximum atomic E-state index is 12.8. The number of esters is 1. The Kier molecular flexibility index (Phi) is 9.62. The van der Waals surface area contributed by atoms with Gasteiger partial charge in [-0.1, -0.05) is 32.0 Å². The van der Waals surface area contributed by atoms with Crippen LogP contribution in [-0.4, -0.2) is 70.4 Å². The zero-order chi connectivity index (χ0) is 33.3. The van der Waals surface area contributed by atoms with Gasteiger partial charge >= 0.3 is 11.9 Å². The number of aliphatic carboxylic acids is 1. The van der Waals surface area contributed by atoms with Crippen molar-refractivity contribution in [1.29, 1.82) is 0 Å². The van der Waals surface area contributed by atoms with Crippen LogP contribution in [0.15, 0.2) is 30.5 Å². The molecule has 0 radical (unpaired) electrons. The van der Waals surface area contributed by atoms with E-state index in [9.17, 15) is 24.3 Å². The number of rotatable bonds is 12. The van der Waals surface area contributed by atoms with Crippen LogP contribution in [0.1, 0.15) is 77.7 Å². The summed E-state index contributed by atoms with van der Waals surface area (Å²) in [6.07, 6.45) is 3.94.